The van der Waals surface area contributed by atoms with Crippen LogP contribution in [0.4, 0.5) is 0 Å². The van der Waals surface area contributed by atoms with Gasteiger partial charge in [-0.15, -0.1) is 10.2 Å². The highest BCUT2D eigenvalue weighted by Crippen LogP contribution is 2.46. The normalized spacial score (nSPS) is 24.5. The third kappa shape index (κ3) is 2.88. The number of ether oxygens (including phenoxy) is 2. The van der Waals surface area contributed by atoms with Gasteiger partial charge in [0.1, 0.15) is 11.7 Å². The van der Waals surface area contributed by atoms with Crippen LogP contribution in [-0.4, -0.2) is 39.2 Å². The summed E-state index contributed by atoms with van der Waals surface area (Å²) in [5.74, 6) is 2.00. The maximum atomic E-state index is 12.7. The minimum absolute atomic E-state index is 0.0695. The highest BCUT2D eigenvalue weighted by Gasteiger charge is 2.42. The van der Waals surface area contributed by atoms with Gasteiger partial charge < -0.3 is 9.47 Å². The Hall–Kier alpha value is -2.44. The minimum Gasteiger partial charge on any atom is -0.480 e. The van der Waals surface area contributed by atoms with Crippen LogP contribution in [-0.2, 0) is 11.2 Å². The molecule has 25 heavy (non-hydrogen) atoms. The number of carbonyl (C=O) groups excluding carboxylic acids is 1. The van der Waals surface area contributed by atoms with Gasteiger partial charge in [0.2, 0.25) is 5.88 Å². The SMILES string of the molecule is CCc1c(C(=O)OC2CC3CCC2C3)cnn1-c1ccc(OC)nn1. The van der Waals surface area contributed by atoms with Gasteiger partial charge in [0.25, 0.3) is 0 Å². The van der Waals surface area contributed by atoms with E-state index in [9.17, 15) is 4.79 Å². The Balaban J connectivity index is 1.55. The zero-order valence-electron chi connectivity index (χ0n) is 14.5. The number of rotatable bonds is 5. The molecule has 2 bridgehead atoms. The van der Waals surface area contributed by atoms with E-state index in [0.717, 1.165) is 18.0 Å². The fraction of sp³-hybridized carbons (Fsp3) is 0.556. The van der Waals surface area contributed by atoms with Crippen molar-refractivity contribution in [3.05, 3.63) is 29.6 Å². The average molecular weight is 342 g/mol. The first-order valence-electron chi connectivity index (χ1n) is 8.85. The van der Waals surface area contributed by atoms with Crippen LogP contribution in [0.15, 0.2) is 18.3 Å². The lowest BCUT2D eigenvalue weighted by molar-refractivity contribution is 0.0157. The summed E-state index contributed by atoms with van der Waals surface area (Å²) >= 11 is 0. The van der Waals surface area contributed by atoms with Gasteiger partial charge in [-0.1, -0.05) is 6.92 Å². The Morgan fingerprint density at radius 3 is 2.76 bits per heavy atom. The number of nitrogens with zero attached hydrogens (tertiary/aromatic N) is 4. The molecule has 2 aliphatic rings. The first-order chi connectivity index (χ1) is 12.2. The van der Waals surface area contributed by atoms with Crippen molar-refractivity contribution >= 4 is 5.97 Å². The lowest BCUT2D eigenvalue weighted by atomic mass is 9.98. The number of hydrogen-bond donors (Lipinski definition) is 0. The van der Waals surface area contributed by atoms with Gasteiger partial charge in [-0.2, -0.15) is 5.10 Å². The topological polar surface area (TPSA) is 79.1 Å². The van der Waals surface area contributed by atoms with Crippen LogP contribution >= 0.6 is 0 Å². The predicted octanol–water partition coefficient (Wildman–Crippen LogP) is 2.58. The lowest BCUT2D eigenvalue weighted by Crippen LogP contribution is -2.24. The van der Waals surface area contributed by atoms with Crippen molar-refractivity contribution in [1.29, 1.82) is 0 Å². The molecule has 2 aromatic heterocycles. The number of hydrogen-bond acceptors (Lipinski definition) is 6. The maximum Gasteiger partial charge on any atom is 0.341 e. The molecule has 2 aliphatic carbocycles. The molecule has 4 rings (SSSR count). The summed E-state index contributed by atoms with van der Waals surface area (Å²) in [6.45, 7) is 1.98. The molecule has 7 nitrogen and oxygen atoms in total. The summed E-state index contributed by atoms with van der Waals surface area (Å²) in [4.78, 5) is 12.7. The van der Waals surface area contributed by atoms with E-state index in [1.807, 2.05) is 6.92 Å². The van der Waals surface area contributed by atoms with Gasteiger partial charge in [0.05, 0.1) is 19.0 Å². The number of fused-ring (bicyclic) bond motifs is 2. The van der Waals surface area contributed by atoms with E-state index < -0.39 is 0 Å². The molecule has 0 amide bonds. The van der Waals surface area contributed by atoms with E-state index in [2.05, 4.69) is 15.3 Å². The van der Waals surface area contributed by atoms with Crippen LogP contribution in [0.5, 0.6) is 5.88 Å². The zero-order chi connectivity index (χ0) is 17.4. The summed E-state index contributed by atoms with van der Waals surface area (Å²) in [5, 5.41) is 12.4. The van der Waals surface area contributed by atoms with E-state index in [1.165, 1.54) is 19.3 Å². The Morgan fingerprint density at radius 2 is 2.16 bits per heavy atom. The summed E-state index contributed by atoms with van der Waals surface area (Å²) in [5.41, 5.74) is 1.30. The average Bonchev–Trinajstić information content (AvgIpc) is 3.36. The fourth-order valence-electron chi connectivity index (χ4n) is 4.15. The van der Waals surface area contributed by atoms with Crippen molar-refractivity contribution in [2.24, 2.45) is 11.8 Å². The van der Waals surface area contributed by atoms with Crippen molar-refractivity contribution in [3.8, 4) is 11.7 Å². The van der Waals surface area contributed by atoms with Gasteiger partial charge in [0, 0.05) is 6.07 Å². The second kappa shape index (κ2) is 6.46. The molecule has 0 spiro atoms. The lowest BCUT2D eigenvalue weighted by Gasteiger charge is -2.21. The molecule has 0 aromatic carbocycles. The zero-order valence-corrected chi connectivity index (χ0v) is 14.5. The monoisotopic (exact) mass is 342 g/mol. The molecular weight excluding hydrogens is 320 g/mol. The maximum absolute atomic E-state index is 12.7. The van der Waals surface area contributed by atoms with Crippen LogP contribution < -0.4 is 4.74 Å². The predicted molar refractivity (Wildman–Crippen MR) is 89.7 cm³/mol. The van der Waals surface area contributed by atoms with E-state index >= 15 is 0 Å². The van der Waals surface area contributed by atoms with Crippen LogP contribution in [0.3, 0.4) is 0 Å². The van der Waals surface area contributed by atoms with Crippen molar-refractivity contribution < 1.29 is 14.3 Å². The second-order valence-corrected chi connectivity index (χ2v) is 6.82. The van der Waals surface area contributed by atoms with E-state index in [4.69, 9.17) is 9.47 Å². The molecule has 0 aliphatic heterocycles. The van der Waals surface area contributed by atoms with E-state index in [-0.39, 0.29) is 12.1 Å². The van der Waals surface area contributed by atoms with Gasteiger partial charge in [0.15, 0.2) is 5.82 Å². The van der Waals surface area contributed by atoms with E-state index in [0.29, 0.717) is 29.6 Å². The van der Waals surface area contributed by atoms with Crippen LogP contribution in [0, 0.1) is 11.8 Å². The first-order valence-corrected chi connectivity index (χ1v) is 8.85. The molecule has 2 heterocycles. The standard InChI is InChI=1S/C18H22N4O3/c1-3-14-13(18(23)25-15-9-11-4-5-12(15)8-11)10-19-22(14)16-6-7-17(24-2)21-20-16/h6-7,10-12,15H,3-5,8-9H2,1-2H3. The molecule has 7 heteroatoms. The van der Waals surface area contributed by atoms with Crippen molar-refractivity contribution in [3.63, 3.8) is 0 Å². The molecule has 0 radical (unpaired) electrons. The highest BCUT2D eigenvalue weighted by atomic mass is 16.5. The number of methoxy groups -OCH3 is 1. The van der Waals surface area contributed by atoms with Crippen LogP contribution in [0.2, 0.25) is 0 Å². The summed E-state index contributed by atoms with van der Waals surface area (Å²) in [6, 6.07) is 3.49. The summed E-state index contributed by atoms with van der Waals surface area (Å²) in [6.07, 6.45) is 6.97. The molecular formula is C18H22N4O3. The molecule has 3 atom stereocenters. The third-order valence-corrected chi connectivity index (χ3v) is 5.41. The Morgan fingerprint density at radius 1 is 1.28 bits per heavy atom. The number of carbonyl (C=O) groups is 1. The van der Waals surface area contributed by atoms with Gasteiger partial charge >= 0.3 is 5.97 Å². The highest BCUT2D eigenvalue weighted by molar-refractivity contribution is 5.90. The van der Waals surface area contributed by atoms with Crippen LogP contribution in [0.25, 0.3) is 5.82 Å². The Labute approximate surface area is 146 Å². The fourth-order valence-corrected chi connectivity index (χ4v) is 4.15. The van der Waals surface area contributed by atoms with Gasteiger partial charge in [-0.3, -0.25) is 0 Å². The minimum atomic E-state index is -0.276. The molecule has 0 saturated heterocycles. The van der Waals surface area contributed by atoms with Crippen molar-refractivity contribution in [2.75, 3.05) is 7.11 Å². The molecule has 2 saturated carbocycles. The van der Waals surface area contributed by atoms with E-state index in [1.54, 1.807) is 30.1 Å². The smallest absolute Gasteiger partial charge is 0.341 e. The van der Waals surface area contributed by atoms with Gasteiger partial charge in [-0.25, -0.2) is 9.48 Å². The van der Waals surface area contributed by atoms with Crippen LogP contribution in [0.1, 0.15) is 48.7 Å². The summed E-state index contributed by atoms with van der Waals surface area (Å²) in [7, 11) is 1.54. The second-order valence-electron chi connectivity index (χ2n) is 6.82. The molecule has 2 fully saturated rings. The molecule has 132 valence electrons. The Bertz CT molecular complexity index is 771. The Kier molecular flexibility index (Phi) is 4.15. The number of esters is 1. The number of aromatic nitrogens is 4. The first kappa shape index (κ1) is 16.1. The van der Waals surface area contributed by atoms with Crippen molar-refractivity contribution in [2.45, 2.75) is 45.1 Å². The summed E-state index contributed by atoms with van der Waals surface area (Å²) < 4.78 is 12.5. The largest absolute Gasteiger partial charge is 0.480 e. The molecule has 2 aromatic rings. The molecule has 0 N–H and O–H groups in total. The van der Waals surface area contributed by atoms with Crippen molar-refractivity contribution in [1.82, 2.24) is 20.0 Å². The molecule has 3 unspecified atom stereocenters. The van der Waals surface area contributed by atoms with Gasteiger partial charge in [-0.05, 0) is 50.0 Å². The quantitative estimate of drug-likeness (QED) is 0.777. The third-order valence-electron chi connectivity index (χ3n) is 5.41.